The van der Waals surface area contributed by atoms with E-state index in [0.717, 1.165) is 11.3 Å². The zero-order chi connectivity index (χ0) is 13.9. The SMILES string of the molecule is CC(C)(C)OC(=O)C(=O)N1CCCCC1C(=O)O. The maximum Gasteiger partial charge on any atom is 0.397 e. The normalized spacial score (nSPS) is 20.4. The molecule has 0 radical (unpaired) electrons. The minimum Gasteiger partial charge on any atom is -0.480 e. The first kappa shape index (κ1) is 14.5. The van der Waals surface area contributed by atoms with Crippen LogP contribution in [0.2, 0.25) is 0 Å². The van der Waals surface area contributed by atoms with Crippen LogP contribution in [-0.2, 0) is 19.1 Å². The number of carbonyl (C=O) groups excluding carboxylic acids is 2. The van der Waals surface area contributed by atoms with E-state index >= 15 is 0 Å². The lowest BCUT2D eigenvalue weighted by Crippen LogP contribution is -2.51. The number of esters is 1. The highest BCUT2D eigenvalue weighted by Crippen LogP contribution is 2.18. The van der Waals surface area contributed by atoms with Gasteiger partial charge in [0.15, 0.2) is 0 Å². The summed E-state index contributed by atoms with van der Waals surface area (Å²) >= 11 is 0. The topological polar surface area (TPSA) is 83.9 Å². The molecule has 1 saturated heterocycles. The predicted molar refractivity (Wildman–Crippen MR) is 62.8 cm³/mol. The highest BCUT2D eigenvalue weighted by Gasteiger charge is 2.36. The van der Waals surface area contributed by atoms with Crippen LogP contribution >= 0.6 is 0 Å². The first-order valence-electron chi connectivity index (χ1n) is 5.99. The summed E-state index contributed by atoms with van der Waals surface area (Å²) in [4.78, 5) is 35.6. The Morgan fingerprint density at radius 2 is 1.83 bits per heavy atom. The predicted octanol–water partition coefficient (Wildman–Crippen LogP) is 0.794. The van der Waals surface area contributed by atoms with Gasteiger partial charge in [-0.15, -0.1) is 0 Å². The van der Waals surface area contributed by atoms with E-state index in [9.17, 15) is 14.4 Å². The number of rotatable bonds is 1. The lowest BCUT2D eigenvalue weighted by Gasteiger charge is -2.32. The van der Waals surface area contributed by atoms with Crippen LogP contribution in [0.25, 0.3) is 0 Å². The lowest BCUT2D eigenvalue weighted by atomic mass is 10.0. The standard InChI is InChI=1S/C12H19NO5/c1-12(2,3)18-11(17)9(14)13-7-5-4-6-8(13)10(15)16/h8H,4-7H2,1-3H3,(H,15,16). The van der Waals surface area contributed by atoms with Crippen LogP contribution < -0.4 is 0 Å². The van der Waals surface area contributed by atoms with Crippen molar-refractivity contribution in [3.05, 3.63) is 0 Å². The van der Waals surface area contributed by atoms with E-state index < -0.39 is 29.5 Å². The molecule has 0 aromatic rings. The molecule has 1 amide bonds. The van der Waals surface area contributed by atoms with Crippen LogP contribution in [0.3, 0.4) is 0 Å². The Bertz CT molecular complexity index is 358. The van der Waals surface area contributed by atoms with Crippen molar-refractivity contribution in [1.82, 2.24) is 4.90 Å². The molecular formula is C12H19NO5. The van der Waals surface area contributed by atoms with E-state index in [1.807, 2.05) is 0 Å². The number of likely N-dealkylation sites (tertiary alicyclic amines) is 1. The van der Waals surface area contributed by atoms with E-state index in [-0.39, 0.29) is 6.54 Å². The number of aliphatic carboxylic acids is 1. The molecule has 1 atom stereocenters. The van der Waals surface area contributed by atoms with Crippen molar-refractivity contribution in [1.29, 1.82) is 0 Å². The largest absolute Gasteiger partial charge is 0.480 e. The number of carboxylic acid groups (broad SMARTS) is 1. The van der Waals surface area contributed by atoms with Crippen LogP contribution in [0.15, 0.2) is 0 Å². The molecule has 1 aliphatic rings. The van der Waals surface area contributed by atoms with E-state index in [1.54, 1.807) is 20.8 Å². The second kappa shape index (κ2) is 5.37. The number of carboxylic acids is 1. The molecule has 6 nitrogen and oxygen atoms in total. The molecule has 1 N–H and O–H groups in total. The molecule has 6 heteroatoms. The molecule has 0 saturated carbocycles. The molecule has 0 spiro atoms. The molecule has 18 heavy (non-hydrogen) atoms. The molecule has 1 heterocycles. The summed E-state index contributed by atoms with van der Waals surface area (Å²) in [5, 5.41) is 9.03. The van der Waals surface area contributed by atoms with Gasteiger partial charge < -0.3 is 14.7 Å². The first-order valence-corrected chi connectivity index (χ1v) is 5.99. The molecule has 0 aromatic heterocycles. The van der Waals surface area contributed by atoms with Crippen molar-refractivity contribution in [2.45, 2.75) is 51.7 Å². The summed E-state index contributed by atoms with van der Waals surface area (Å²) in [6.45, 7) is 5.25. The highest BCUT2D eigenvalue weighted by atomic mass is 16.6. The Morgan fingerprint density at radius 3 is 2.33 bits per heavy atom. The Balaban J connectivity index is 2.74. The van der Waals surface area contributed by atoms with Crippen LogP contribution in [-0.4, -0.2) is 46.0 Å². The fraction of sp³-hybridized carbons (Fsp3) is 0.750. The summed E-state index contributed by atoms with van der Waals surface area (Å²) in [5.74, 6) is -2.93. The molecule has 1 fully saturated rings. The van der Waals surface area contributed by atoms with Crippen LogP contribution in [0.1, 0.15) is 40.0 Å². The second-order valence-electron chi connectivity index (χ2n) is 5.35. The quantitative estimate of drug-likeness (QED) is 0.554. The molecule has 1 aliphatic heterocycles. The van der Waals surface area contributed by atoms with Crippen molar-refractivity contribution in [2.24, 2.45) is 0 Å². The van der Waals surface area contributed by atoms with Gasteiger partial charge in [-0.25, -0.2) is 9.59 Å². The Hall–Kier alpha value is -1.59. The van der Waals surface area contributed by atoms with Gasteiger partial charge >= 0.3 is 17.8 Å². The van der Waals surface area contributed by atoms with E-state index in [2.05, 4.69) is 0 Å². The third-order valence-electron chi connectivity index (χ3n) is 2.62. The summed E-state index contributed by atoms with van der Waals surface area (Å²) < 4.78 is 4.96. The van der Waals surface area contributed by atoms with Gasteiger partial charge in [-0.2, -0.15) is 0 Å². The van der Waals surface area contributed by atoms with Crippen molar-refractivity contribution < 1.29 is 24.2 Å². The number of ether oxygens (including phenoxy) is 1. The lowest BCUT2D eigenvalue weighted by molar-refractivity contribution is -0.171. The van der Waals surface area contributed by atoms with E-state index in [0.29, 0.717) is 12.8 Å². The van der Waals surface area contributed by atoms with Gasteiger partial charge in [0, 0.05) is 6.54 Å². The van der Waals surface area contributed by atoms with Crippen molar-refractivity contribution >= 4 is 17.8 Å². The highest BCUT2D eigenvalue weighted by molar-refractivity contribution is 6.32. The van der Waals surface area contributed by atoms with Gasteiger partial charge in [0.2, 0.25) is 0 Å². The third kappa shape index (κ3) is 3.72. The van der Waals surface area contributed by atoms with E-state index in [1.165, 1.54) is 0 Å². The van der Waals surface area contributed by atoms with Crippen molar-refractivity contribution in [3.63, 3.8) is 0 Å². The number of piperidine rings is 1. The third-order valence-corrected chi connectivity index (χ3v) is 2.62. The number of carbonyl (C=O) groups is 3. The van der Waals surface area contributed by atoms with Gasteiger partial charge in [-0.1, -0.05) is 0 Å². The van der Waals surface area contributed by atoms with Gasteiger partial charge in [-0.05, 0) is 40.0 Å². The van der Waals surface area contributed by atoms with Crippen LogP contribution in [0.4, 0.5) is 0 Å². The van der Waals surface area contributed by atoms with Gasteiger partial charge in [-0.3, -0.25) is 4.79 Å². The monoisotopic (exact) mass is 257 g/mol. The smallest absolute Gasteiger partial charge is 0.397 e. The van der Waals surface area contributed by atoms with Gasteiger partial charge in [0.05, 0.1) is 0 Å². The maximum atomic E-state index is 11.9. The fourth-order valence-corrected chi connectivity index (χ4v) is 1.87. The fourth-order valence-electron chi connectivity index (χ4n) is 1.87. The Kier molecular flexibility index (Phi) is 4.32. The Labute approximate surface area is 106 Å². The molecular weight excluding hydrogens is 238 g/mol. The number of amides is 1. The van der Waals surface area contributed by atoms with E-state index in [4.69, 9.17) is 9.84 Å². The van der Waals surface area contributed by atoms with Crippen molar-refractivity contribution in [3.8, 4) is 0 Å². The van der Waals surface area contributed by atoms with Gasteiger partial charge in [0.1, 0.15) is 11.6 Å². The zero-order valence-electron chi connectivity index (χ0n) is 10.9. The average Bonchev–Trinajstić information content (AvgIpc) is 2.25. The number of nitrogens with zero attached hydrogens (tertiary/aromatic N) is 1. The first-order chi connectivity index (χ1) is 8.22. The van der Waals surface area contributed by atoms with Crippen molar-refractivity contribution in [2.75, 3.05) is 6.54 Å². The number of hydrogen-bond donors (Lipinski definition) is 1. The molecule has 102 valence electrons. The molecule has 0 aromatic carbocycles. The summed E-state index contributed by atoms with van der Waals surface area (Å²) in [5.41, 5.74) is -0.763. The molecule has 0 aliphatic carbocycles. The Morgan fingerprint density at radius 1 is 1.22 bits per heavy atom. The summed E-state index contributed by atoms with van der Waals surface area (Å²) in [6, 6.07) is -0.918. The van der Waals surface area contributed by atoms with Crippen LogP contribution in [0, 0.1) is 0 Å². The zero-order valence-corrected chi connectivity index (χ0v) is 10.9. The number of hydrogen-bond acceptors (Lipinski definition) is 4. The second-order valence-corrected chi connectivity index (χ2v) is 5.35. The molecule has 0 bridgehead atoms. The molecule has 1 rings (SSSR count). The van der Waals surface area contributed by atoms with Crippen LogP contribution in [0.5, 0.6) is 0 Å². The summed E-state index contributed by atoms with van der Waals surface area (Å²) in [7, 11) is 0. The minimum atomic E-state index is -1.08. The summed E-state index contributed by atoms with van der Waals surface area (Å²) in [6.07, 6.45) is 1.83. The van der Waals surface area contributed by atoms with Gasteiger partial charge in [0.25, 0.3) is 0 Å². The average molecular weight is 257 g/mol. The maximum absolute atomic E-state index is 11.9. The molecule has 1 unspecified atom stereocenters. The minimum absolute atomic E-state index is 0.287.